The molecule has 0 radical (unpaired) electrons. The van der Waals surface area contributed by atoms with Crippen molar-refractivity contribution < 1.29 is 9.13 Å². The van der Waals surface area contributed by atoms with E-state index in [2.05, 4.69) is 22.9 Å². The van der Waals surface area contributed by atoms with Gasteiger partial charge in [-0.2, -0.15) is 0 Å². The second kappa shape index (κ2) is 6.01. The Morgan fingerprint density at radius 2 is 1.78 bits per heavy atom. The van der Waals surface area contributed by atoms with Gasteiger partial charge in [0.1, 0.15) is 18.2 Å². The zero-order valence-electron chi connectivity index (χ0n) is 10.1. The summed E-state index contributed by atoms with van der Waals surface area (Å²) in [6, 6.07) is 12.7. The first kappa shape index (κ1) is 13.1. The van der Waals surface area contributed by atoms with E-state index < -0.39 is 0 Å². The number of benzene rings is 2. The SMILES string of the molecule is CCc1ccc(OCc2cc(F)cc(Br)c2)cc1. The number of aryl methyl sites for hydroxylation is 1. The Morgan fingerprint density at radius 3 is 2.39 bits per heavy atom. The van der Waals surface area contributed by atoms with E-state index in [1.165, 1.54) is 17.7 Å². The van der Waals surface area contributed by atoms with E-state index >= 15 is 0 Å². The molecule has 3 heteroatoms. The Bertz CT molecular complexity index is 502. The minimum absolute atomic E-state index is 0.260. The van der Waals surface area contributed by atoms with Gasteiger partial charge >= 0.3 is 0 Å². The van der Waals surface area contributed by atoms with Crippen molar-refractivity contribution in [2.75, 3.05) is 0 Å². The lowest BCUT2D eigenvalue weighted by molar-refractivity contribution is 0.305. The minimum atomic E-state index is -0.260. The fourth-order valence-electron chi connectivity index (χ4n) is 1.68. The average Bonchev–Trinajstić information content (AvgIpc) is 2.36. The molecular weight excluding hydrogens is 295 g/mol. The fraction of sp³-hybridized carbons (Fsp3) is 0.200. The molecule has 0 bridgehead atoms. The Balaban J connectivity index is 2.01. The van der Waals surface area contributed by atoms with Crippen LogP contribution in [0.15, 0.2) is 46.9 Å². The minimum Gasteiger partial charge on any atom is -0.489 e. The first-order valence-corrected chi connectivity index (χ1v) is 6.63. The first-order valence-electron chi connectivity index (χ1n) is 5.84. The van der Waals surface area contributed by atoms with E-state index in [1.807, 2.05) is 30.3 Å². The summed E-state index contributed by atoms with van der Waals surface area (Å²) in [5, 5.41) is 0. The van der Waals surface area contributed by atoms with Gasteiger partial charge in [0.25, 0.3) is 0 Å². The quantitative estimate of drug-likeness (QED) is 0.793. The van der Waals surface area contributed by atoms with Crippen LogP contribution in [0.1, 0.15) is 18.1 Å². The van der Waals surface area contributed by atoms with Crippen LogP contribution in [0.2, 0.25) is 0 Å². The van der Waals surface area contributed by atoms with E-state index in [9.17, 15) is 4.39 Å². The summed E-state index contributed by atoms with van der Waals surface area (Å²) in [7, 11) is 0. The van der Waals surface area contributed by atoms with Crippen LogP contribution in [0.25, 0.3) is 0 Å². The predicted molar refractivity (Wildman–Crippen MR) is 74.3 cm³/mol. The molecule has 0 N–H and O–H groups in total. The van der Waals surface area contributed by atoms with Crippen LogP contribution in [0, 0.1) is 5.82 Å². The third-order valence-electron chi connectivity index (χ3n) is 2.66. The molecule has 0 spiro atoms. The molecule has 18 heavy (non-hydrogen) atoms. The number of hydrogen-bond donors (Lipinski definition) is 0. The van der Waals surface area contributed by atoms with Crippen molar-refractivity contribution in [2.24, 2.45) is 0 Å². The van der Waals surface area contributed by atoms with Crippen LogP contribution in [0.4, 0.5) is 4.39 Å². The molecule has 94 valence electrons. The molecule has 1 nitrogen and oxygen atoms in total. The normalized spacial score (nSPS) is 10.4. The van der Waals surface area contributed by atoms with Gasteiger partial charge in [0.15, 0.2) is 0 Å². The molecule has 0 aliphatic carbocycles. The van der Waals surface area contributed by atoms with Gasteiger partial charge in [-0.25, -0.2) is 4.39 Å². The maximum atomic E-state index is 13.2. The molecule has 0 unspecified atom stereocenters. The lowest BCUT2D eigenvalue weighted by Gasteiger charge is -2.07. The molecule has 0 fully saturated rings. The first-order chi connectivity index (χ1) is 8.67. The molecule has 0 aliphatic heterocycles. The number of ether oxygens (including phenoxy) is 1. The fourth-order valence-corrected chi connectivity index (χ4v) is 2.20. The van der Waals surface area contributed by atoms with Gasteiger partial charge in [0, 0.05) is 4.47 Å². The molecule has 0 saturated carbocycles. The molecule has 0 aromatic heterocycles. The van der Waals surface area contributed by atoms with Crippen LogP contribution in [0.5, 0.6) is 5.75 Å². The van der Waals surface area contributed by atoms with Gasteiger partial charge in [0.05, 0.1) is 0 Å². The summed E-state index contributed by atoms with van der Waals surface area (Å²) in [6.45, 7) is 2.47. The Morgan fingerprint density at radius 1 is 1.06 bits per heavy atom. The summed E-state index contributed by atoms with van der Waals surface area (Å²) >= 11 is 3.26. The van der Waals surface area contributed by atoms with Crippen molar-refractivity contribution in [3.63, 3.8) is 0 Å². The Labute approximate surface area is 115 Å². The van der Waals surface area contributed by atoms with Crippen molar-refractivity contribution in [2.45, 2.75) is 20.0 Å². The third-order valence-corrected chi connectivity index (χ3v) is 3.12. The number of rotatable bonds is 4. The predicted octanol–water partition coefficient (Wildman–Crippen LogP) is 4.73. The van der Waals surface area contributed by atoms with Crippen molar-refractivity contribution in [1.29, 1.82) is 0 Å². The van der Waals surface area contributed by atoms with Gasteiger partial charge < -0.3 is 4.74 Å². The summed E-state index contributed by atoms with van der Waals surface area (Å²) in [4.78, 5) is 0. The van der Waals surface area contributed by atoms with Crippen LogP contribution >= 0.6 is 15.9 Å². The second-order valence-corrected chi connectivity index (χ2v) is 4.98. The van der Waals surface area contributed by atoms with Crippen molar-refractivity contribution in [3.8, 4) is 5.75 Å². The van der Waals surface area contributed by atoms with Crippen molar-refractivity contribution in [3.05, 3.63) is 63.9 Å². The third kappa shape index (κ3) is 3.57. The molecule has 2 aromatic carbocycles. The lowest BCUT2D eigenvalue weighted by Crippen LogP contribution is -1.96. The van der Waals surface area contributed by atoms with Gasteiger partial charge in [-0.3, -0.25) is 0 Å². The number of halogens is 2. The van der Waals surface area contributed by atoms with E-state index in [0.717, 1.165) is 22.2 Å². The molecule has 0 aliphatic rings. The van der Waals surface area contributed by atoms with Crippen molar-refractivity contribution >= 4 is 15.9 Å². The van der Waals surface area contributed by atoms with E-state index in [0.29, 0.717) is 6.61 Å². The monoisotopic (exact) mass is 308 g/mol. The number of hydrogen-bond acceptors (Lipinski definition) is 1. The standard InChI is InChI=1S/C15H14BrFO/c1-2-11-3-5-15(6-4-11)18-10-12-7-13(16)9-14(17)8-12/h3-9H,2,10H2,1H3. The highest BCUT2D eigenvalue weighted by atomic mass is 79.9. The zero-order chi connectivity index (χ0) is 13.0. The molecule has 0 saturated heterocycles. The highest BCUT2D eigenvalue weighted by Crippen LogP contribution is 2.18. The van der Waals surface area contributed by atoms with Gasteiger partial charge in [0.2, 0.25) is 0 Å². The van der Waals surface area contributed by atoms with Gasteiger partial charge in [-0.1, -0.05) is 35.0 Å². The largest absolute Gasteiger partial charge is 0.489 e. The van der Waals surface area contributed by atoms with Gasteiger partial charge in [-0.05, 0) is 47.9 Å². The molecule has 0 heterocycles. The van der Waals surface area contributed by atoms with Gasteiger partial charge in [-0.15, -0.1) is 0 Å². The molecule has 2 rings (SSSR count). The van der Waals surface area contributed by atoms with Crippen LogP contribution in [-0.4, -0.2) is 0 Å². The van der Waals surface area contributed by atoms with Crippen LogP contribution in [-0.2, 0) is 13.0 Å². The molecule has 0 amide bonds. The average molecular weight is 309 g/mol. The van der Waals surface area contributed by atoms with E-state index in [1.54, 1.807) is 0 Å². The summed E-state index contributed by atoms with van der Waals surface area (Å²) in [5.74, 6) is 0.539. The maximum Gasteiger partial charge on any atom is 0.124 e. The van der Waals surface area contributed by atoms with Crippen molar-refractivity contribution in [1.82, 2.24) is 0 Å². The van der Waals surface area contributed by atoms with Crippen LogP contribution in [0.3, 0.4) is 0 Å². The highest BCUT2D eigenvalue weighted by Gasteiger charge is 2.00. The lowest BCUT2D eigenvalue weighted by atomic mass is 10.2. The second-order valence-electron chi connectivity index (χ2n) is 4.06. The summed E-state index contributed by atoms with van der Waals surface area (Å²) in [5.41, 5.74) is 2.08. The molecule has 0 atom stereocenters. The topological polar surface area (TPSA) is 9.23 Å². The summed E-state index contributed by atoms with van der Waals surface area (Å²) < 4.78 is 19.5. The Kier molecular flexibility index (Phi) is 4.37. The molecule has 2 aromatic rings. The smallest absolute Gasteiger partial charge is 0.124 e. The summed E-state index contributed by atoms with van der Waals surface area (Å²) in [6.07, 6.45) is 1.01. The van der Waals surface area contributed by atoms with E-state index in [4.69, 9.17) is 4.74 Å². The molecular formula is C15H14BrFO. The Hall–Kier alpha value is -1.35. The van der Waals surface area contributed by atoms with Crippen LogP contribution < -0.4 is 4.74 Å². The highest BCUT2D eigenvalue weighted by molar-refractivity contribution is 9.10. The van der Waals surface area contributed by atoms with E-state index in [-0.39, 0.29) is 5.82 Å². The zero-order valence-corrected chi connectivity index (χ0v) is 11.7. The maximum absolute atomic E-state index is 13.2.